The Morgan fingerprint density at radius 3 is 2.15 bits per heavy atom. The molecule has 0 spiro atoms. The van der Waals surface area contributed by atoms with E-state index in [1.165, 1.54) is 39.2 Å². The van der Waals surface area contributed by atoms with Crippen molar-refractivity contribution in [2.24, 2.45) is 0 Å². The number of aryl methyl sites for hydroxylation is 1. The van der Waals surface area contributed by atoms with Crippen LogP contribution in [0.5, 0.6) is 0 Å². The number of furan rings is 1. The molecule has 0 bridgehead atoms. The van der Waals surface area contributed by atoms with Gasteiger partial charge in [-0.3, -0.25) is 4.98 Å². The summed E-state index contributed by atoms with van der Waals surface area (Å²) in [5, 5.41) is 3.24. The molecule has 5 nitrogen and oxygen atoms in total. The van der Waals surface area contributed by atoms with E-state index in [0.717, 1.165) is 44.5 Å². The van der Waals surface area contributed by atoms with E-state index in [0.29, 0.717) is 28.8 Å². The first-order chi connectivity index (χ1) is 29.9. The average molecular weight is 972 g/mol. The molecular formula is C52H50IrN4OSi-2. The molecule has 0 saturated carbocycles. The number of hydrogen-bond donors (Lipinski definition) is 0. The molecule has 299 valence electrons. The van der Waals surface area contributed by atoms with Crippen molar-refractivity contribution < 1.29 is 31.4 Å². The standard InChI is InChI=1S/C37H32N3O.C15H18NSi.Ir/c1-22(2)29-20-27(25-11-7-6-8-12-25)21-30(23(3)4)35(29)40-33-14-10-9-13-32(33)39-36(40)26-16-18-34-31(19-26)28-17-15-24(5)38-37(28)41-34;1-12-5-7-13(8-6-12)15-10-9-14(11-16-15)17(2,3)4;/h6-15,17-23H,1-5H3;5-7,9-11H,1-4H3;/q2*-1;/i;1D3,5D,6D;. The maximum absolute atomic E-state index is 7.88. The van der Waals surface area contributed by atoms with E-state index in [2.05, 4.69) is 153 Å². The molecular weight excluding hydrogens is 917 g/mol. The van der Waals surface area contributed by atoms with E-state index >= 15 is 0 Å². The normalized spacial score (nSPS) is 13.1. The fourth-order valence-corrected chi connectivity index (χ4v) is 8.39. The number of para-hydroxylation sites is 2. The Labute approximate surface area is 370 Å². The summed E-state index contributed by atoms with van der Waals surface area (Å²) >= 11 is 0. The van der Waals surface area contributed by atoms with Crippen molar-refractivity contribution in [1.29, 1.82) is 0 Å². The molecule has 9 rings (SSSR count). The molecule has 0 N–H and O–H groups in total. The molecule has 0 fully saturated rings. The van der Waals surface area contributed by atoms with Crippen LogP contribution in [0, 0.1) is 25.9 Å². The van der Waals surface area contributed by atoms with Gasteiger partial charge < -0.3 is 14.0 Å². The van der Waals surface area contributed by atoms with E-state index in [-0.39, 0.29) is 37.8 Å². The van der Waals surface area contributed by atoms with Crippen molar-refractivity contribution in [3.05, 3.63) is 162 Å². The predicted octanol–water partition coefficient (Wildman–Crippen LogP) is 13.4. The van der Waals surface area contributed by atoms with Crippen molar-refractivity contribution in [3.63, 3.8) is 0 Å². The summed E-state index contributed by atoms with van der Waals surface area (Å²) in [6.45, 7) is 15.3. The van der Waals surface area contributed by atoms with E-state index in [9.17, 15) is 0 Å². The fourth-order valence-electron chi connectivity index (χ4n) is 7.35. The molecule has 9 aromatic rings. The van der Waals surface area contributed by atoms with E-state index in [4.69, 9.17) is 16.3 Å². The third-order valence-corrected chi connectivity index (χ3v) is 12.6. The van der Waals surface area contributed by atoms with Crippen molar-refractivity contribution in [2.45, 2.75) is 72.9 Å². The first kappa shape index (κ1) is 35.5. The molecule has 0 saturated heterocycles. The first-order valence-corrected chi connectivity index (χ1v) is 23.3. The molecule has 1 radical (unpaired) electrons. The fraction of sp³-hybridized carbons (Fsp3) is 0.212. The first-order valence-electron chi connectivity index (χ1n) is 22.3. The number of pyridine rings is 2. The maximum atomic E-state index is 7.88. The second kappa shape index (κ2) is 17.0. The van der Waals surface area contributed by atoms with Crippen LogP contribution in [0.25, 0.3) is 72.6 Å². The van der Waals surface area contributed by atoms with Crippen molar-refractivity contribution in [3.8, 4) is 39.5 Å². The topological polar surface area (TPSA) is 56.7 Å². The number of fused-ring (bicyclic) bond motifs is 4. The Balaban J connectivity index is 0.000000227. The van der Waals surface area contributed by atoms with Crippen LogP contribution in [0.3, 0.4) is 0 Å². The molecule has 0 aliphatic carbocycles. The van der Waals surface area contributed by atoms with Crippen molar-refractivity contribution in [2.75, 3.05) is 0 Å². The zero-order valence-electron chi connectivity index (χ0n) is 39.7. The Bertz CT molecular complexity index is 3080. The molecule has 0 amide bonds. The molecule has 0 aliphatic rings. The van der Waals surface area contributed by atoms with Crippen LogP contribution in [0.1, 0.15) is 68.8 Å². The zero-order chi connectivity index (χ0) is 45.0. The summed E-state index contributed by atoms with van der Waals surface area (Å²) in [6.07, 6.45) is 1.82. The zero-order valence-corrected chi connectivity index (χ0v) is 38.0. The second-order valence-corrected chi connectivity index (χ2v) is 21.6. The van der Waals surface area contributed by atoms with Gasteiger partial charge in [0, 0.05) is 49.9 Å². The molecule has 5 aromatic carbocycles. The minimum atomic E-state index is -2.47. The van der Waals surface area contributed by atoms with Gasteiger partial charge in [0.25, 0.3) is 0 Å². The van der Waals surface area contributed by atoms with E-state index in [1.54, 1.807) is 0 Å². The van der Waals surface area contributed by atoms with Crippen LogP contribution < -0.4 is 5.19 Å². The van der Waals surface area contributed by atoms with Crippen LogP contribution in [-0.2, 0) is 20.1 Å². The van der Waals surface area contributed by atoms with Crippen LogP contribution >= 0.6 is 0 Å². The van der Waals surface area contributed by atoms with Gasteiger partial charge in [-0.05, 0) is 88.3 Å². The molecule has 4 aromatic heterocycles. The summed E-state index contributed by atoms with van der Waals surface area (Å²) in [4.78, 5) is 14.2. The number of imidazole rings is 1. The summed E-state index contributed by atoms with van der Waals surface area (Å²) in [6, 6.07) is 43.1. The monoisotopic (exact) mass is 972 g/mol. The molecule has 0 atom stereocenters. The van der Waals surface area contributed by atoms with Gasteiger partial charge in [0.2, 0.25) is 5.71 Å². The van der Waals surface area contributed by atoms with Gasteiger partial charge in [0.1, 0.15) is 0 Å². The summed E-state index contributed by atoms with van der Waals surface area (Å²) in [7, 11) is -1.43. The Morgan fingerprint density at radius 2 is 1.49 bits per heavy atom. The summed E-state index contributed by atoms with van der Waals surface area (Å²) < 4.78 is 46.3. The Morgan fingerprint density at radius 1 is 0.763 bits per heavy atom. The third-order valence-electron chi connectivity index (χ3n) is 10.5. The average Bonchev–Trinajstić information content (AvgIpc) is 3.80. The Hall–Kier alpha value is -5.46. The maximum Gasteiger partial charge on any atom is 0.216 e. The largest absolute Gasteiger partial charge is 0.486 e. The number of aromatic nitrogens is 4. The SMILES string of the molecule is Cc1ccc2c(n1)oc1c[c-]c(-c3nc4ccccc4n3-c3c(C(C)C)cc(-c4ccccc4)cc3C(C)C)cc12.[2H]c1[c-]c(-c2ccc([Si](C)(C)C)cn2)cc([2H])c1C([2H])([2H])[2H].[Ir]. The molecule has 4 heterocycles. The van der Waals surface area contributed by atoms with Gasteiger partial charge >= 0.3 is 0 Å². The molecule has 0 unspecified atom stereocenters. The molecule has 0 aliphatic heterocycles. The van der Waals surface area contributed by atoms with Crippen LogP contribution in [0.4, 0.5) is 0 Å². The second-order valence-electron chi connectivity index (χ2n) is 16.5. The van der Waals surface area contributed by atoms with Crippen LogP contribution in [0.15, 0.2) is 132 Å². The van der Waals surface area contributed by atoms with Crippen LogP contribution in [-0.4, -0.2) is 27.6 Å². The predicted molar refractivity (Wildman–Crippen MR) is 245 cm³/mol. The van der Waals surface area contributed by atoms with Gasteiger partial charge in [-0.15, -0.1) is 59.1 Å². The van der Waals surface area contributed by atoms with Crippen LogP contribution in [0.2, 0.25) is 19.6 Å². The molecule has 7 heteroatoms. The quantitative estimate of drug-likeness (QED) is 0.118. The number of benzene rings is 5. The van der Waals surface area contributed by atoms with Gasteiger partial charge in [-0.2, -0.15) is 0 Å². The minimum absolute atomic E-state index is 0. The number of rotatable bonds is 7. The van der Waals surface area contributed by atoms with Gasteiger partial charge in [0.05, 0.1) is 30.5 Å². The van der Waals surface area contributed by atoms with E-state index in [1.807, 2.05) is 37.4 Å². The van der Waals surface area contributed by atoms with Gasteiger partial charge in [-0.1, -0.05) is 114 Å². The van der Waals surface area contributed by atoms with E-state index < -0.39 is 14.9 Å². The summed E-state index contributed by atoms with van der Waals surface area (Å²) in [5.41, 5.74) is 12.4. The minimum Gasteiger partial charge on any atom is -0.486 e. The summed E-state index contributed by atoms with van der Waals surface area (Å²) in [5.74, 6) is 1.48. The van der Waals surface area contributed by atoms with Crippen molar-refractivity contribution in [1.82, 2.24) is 19.5 Å². The smallest absolute Gasteiger partial charge is 0.216 e. The molecule has 59 heavy (non-hydrogen) atoms. The third kappa shape index (κ3) is 8.51. The Kier molecular flexibility index (Phi) is 10.2. The van der Waals surface area contributed by atoms with Gasteiger partial charge in [0.15, 0.2) is 0 Å². The number of nitrogens with zero attached hydrogens (tertiary/aromatic N) is 4. The number of hydrogen-bond acceptors (Lipinski definition) is 4. The van der Waals surface area contributed by atoms with Gasteiger partial charge in [-0.25, -0.2) is 4.98 Å². The van der Waals surface area contributed by atoms with Crippen molar-refractivity contribution >= 4 is 46.4 Å².